The van der Waals surface area contributed by atoms with Crippen molar-refractivity contribution in [3.05, 3.63) is 106 Å². The summed E-state index contributed by atoms with van der Waals surface area (Å²) < 4.78 is 18.1. The zero-order valence-corrected chi connectivity index (χ0v) is 22.5. The molecule has 1 aromatic heterocycles. The second-order valence-corrected chi connectivity index (χ2v) is 9.49. The summed E-state index contributed by atoms with van der Waals surface area (Å²) in [5.41, 5.74) is 4.42. The van der Waals surface area contributed by atoms with Gasteiger partial charge in [0.1, 0.15) is 18.1 Å². The summed E-state index contributed by atoms with van der Waals surface area (Å²) in [7, 11) is 1.35. The van der Waals surface area contributed by atoms with E-state index in [1.807, 2.05) is 60.0 Å². The Morgan fingerprint density at radius 2 is 2.00 bits per heavy atom. The third-order valence-electron chi connectivity index (χ3n) is 5.95. The summed E-state index contributed by atoms with van der Waals surface area (Å²) in [5.74, 6) is 0.695. The van der Waals surface area contributed by atoms with E-state index < -0.39 is 0 Å². The van der Waals surface area contributed by atoms with Gasteiger partial charge >= 0.3 is 5.97 Å². The highest BCUT2D eigenvalue weighted by Crippen LogP contribution is 2.33. The van der Waals surface area contributed by atoms with Crippen LogP contribution in [0.1, 0.15) is 21.5 Å². The van der Waals surface area contributed by atoms with Crippen LogP contribution < -0.4 is 19.6 Å². The molecule has 0 fully saturated rings. The number of esters is 1. The van der Waals surface area contributed by atoms with E-state index in [2.05, 4.69) is 16.9 Å². The Hall–Kier alpha value is -4.96. The zero-order chi connectivity index (χ0) is 27.9. The van der Waals surface area contributed by atoms with Crippen molar-refractivity contribution in [2.75, 3.05) is 25.6 Å². The molecule has 40 heavy (non-hydrogen) atoms. The molecule has 0 unspecified atom stereocenters. The van der Waals surface area contributed by atoms with E-state index in [-0.39, 0.29) is 18.5 Å². The molecule has 9 nitrogen and oxygen atoms in total. The number of amides is 1. The minimum atomic E-state index is -0.382. The van der Waals surface area contributed by atoms with Crippen LogP contribution in [0.25, 0.3) is 11.3 Å². The second-order valence-electron chi connectivity index (χ2n) is 8.65. The molecule has 0 spiro atoms. The van der Waals surface area contributed by atoms with Crippen LogP contribution in [0.5, 0.6) is 11.5 Å². The Morgan fingerprint density at radius 3 is 2.80 bits per heavy atom. The lowest BCUT2D eigenvalue weighted by Gasteiger charge is -2.18. The van der Waals surface area contributed by atoms with E-state index in [1.165, 1.54) is 18.4 Å². The quantitative estimate of drug-likeness (QED) is 0.180. The highest BCUT2D eigenvalue weighted by atomic mass is 32.1. The van der Waals surface area contributed by atoms with Gasteiger partial charge in [0.15, 0.2) is 6.61 Å². The van der Waals surface area contributed by atoms with E-state index in [9.17, 15) is 9.59 Å². The molecule has 4 aromatic rings. The van der Waals surface area contributed by atoms with Gasteiger partial charge in [-0.25, -0.2) is 9.47 Å². The van der Waals surface area contributed by atoms with Crippen LogP contribution >= 0.6 is 11.3 Å². The molecule has 1 aliphatic heterocycles. The fraction of sp³-hybridized carbons (Fsp3) is 0.133. The summed E-state index contributed by atoms with van der Waals surface area (Å²) in [6.07, 6.45) is 3.45. The van der Waals surface area contributed by atoms with Gasteiger partial charge in [0.2, 0.25) is 4.80 Å². The lowest BCUT2D eigenvalue weighted by molar-refractivity contribution is -0.118. The number of methoxy groups -OCH3 is 1. The fourth-order valence-corrected chi connectivity index (χ4v) is 4.80. The number of thiazole rings is 1. The zero-order valence-electron chi connectivity index (χ0n) is 21.7. The van der Waals surface area contributed by atoms with Crippen LogP contribution in [0.4, 0.5) is 5.69 Å². The SMILES string of the molecule is C=CCN=c1scc(-c2ccc3c(c2)NC(=O)CO3)n1N=Cc1ccccc1OCc1ccc(C(=O)OC)cc1. The van der Waals surface area contributed by atoms with Crippen LogP contribution in [0.3, 0.4) is 0 Å². The van der Waals surface area contributed by atoms with Gasteiger partial charge in [-0.3, -0.25) is 9.79 Å². The second kappa shape index (κ2) is 12.3. The first-order valence-electron chi connectivity index (χ1n) is 12.4. The molecule has 0 saturated carbocycles. The van der Waals surface area contributed by atoms with Gasteiger partial charge < -0.3 is 19.5 Å². The molecule has 0 saturated heterocycles. The molecule has 0 atom stereocenters. The molecule has 10 heteroatoms. The summed E-state index contributed by atoms with van der Waals surface area (Å²) in [4.78, 5) is 28.8. The highest BCUT2D eigenvalue weighted by Gasteiger charge is 2.18. The predicted octanol–water partition coefficient (Wildman–Crippen LogP) is 4.88. The highest BCUT2D eigenvalue weighted by molar-refractivity contribution is 7.07. The summed E-state index contributed by atoms with van der Waals surface area (Å²) >= 11 is 1.45. The number of benzene rings is 3. The van der Waals surface area contributed by atoms with Gasteiger partial charge in [0.05, 0.1) is 36.8 Å². The Balaban J connectivity index is 1.42. The predicted molar refractivity (Wildman–Crippen MR) is 154 cm³/mol. The van der Waals surface area contributed by atoms with Gasteiger partial charge in [-0.15, -0.1) is 17.9 Å². The van der Waals surface area contributed by atoms with E-state index in [0.29, 0.717) is 40.7 Å². The number of anilines is 1. The van der Waals surface area contributed by atoms with Crippen molar-refractivity contribution >= 4 is 35.1 Å². The average Bonchev–Trinajstić information content (AvgIpc) is 3.40. The minimum absolute atomic E-state index is 0.0000460. The van der Waals surface area contributed by atoms with Crippen molar-refractivity contribution < 1.29 is 23.8 Å². The van der Waals surface area contributed by atoms with Crippen LogP contribution in [0.15, 0.2) is 94.9 Å². The first-order chi connectivity index (χ1) is 19.6. The first kappa shape index (κ1) is 26.6. The molecule has 1 N–H and O–H groups in total. The van der Waals surface area contributed by atoms with Crippen molar-refractivity contribution in [2.45, 2.75) is 6.61 Å². The van der Waals surface area contributed by atoms with Crippen molar-refractivity contribution in [3.63, 3.8) is 0 Å². The van der Waals surface area contributed by atoms with Gasteiger partial charge in [-0.05, 0) is 48.0 Å². The van der Waals surface area contributed by atoms with Crippen LogP contribution in [-0.2, 0) is 16.1 Å². The van der Waals surface area contributed by atoms with Crippen molar-refractivity contribution in [3.8, 4) is 22.8 Å². The summed E-state index contributed by atoms with van der Waals surface area (Å²) in [6.45, 7) is 4.52. The molecule has 0 radical (unpaired) electrons. The molecule has 0 bridgehead atoms. The molecular formula is C30H26N4O5S. The van der Waals surface area contributed by atoms with E-state index in [0.717, 1.165) is 22.4 Å². The molecule has 1 amide bonds. The van der Waals surface area contributed by atoms with Gasteiger partial charge in [0, 0.05) is 16.5 Å². The van der Waals surface area contributed by atoms with Crippen molar-refractivity contribution in [2.24, 2.45) is 10.1 Å². The number of ether oxygens (including phenoxy) is 3. The Labute approximate surface area is 234 Å². The molecule has 202 valence electrons. The number of nitrogens with one attached hydrogen (secondary N) is 1. The maximum atomic E-state index is 11.8. The number of carbonyl (C=O) groups is 2. The third-order valence-corrected chi connectivity index (χ3v) is 6.80. The molecule has 3 aromatic carbocycles. The standard InChI is InChI=1S/C30H26N4O5S/c1-3-14-31-30-34(25(19-40-30)22-12-13-27-24(15-22)33-28(35)18-39-27)32-16-23-6-4-5-7-26(23)38-17-20-8-10-21(11-9-20)29(36)37-2/h3-13,15-16,19H,1,14,17-18H2,2H3,(H,33,35). The lowest BCUT2D eigenvalue weighted by Crippen LogP contribution is -2.25. The third kappa shape index (κ3) is 6.02. The molecular weight excluding hydrogens is 528 g/mol. The van der Waals surface area contributed by atoms with Crippen LogP contribution in [0, 0.1) is 0 Å². The summed E-state index contributed by atoms with van der Waals surface area (Å²) in [6, 6.07) is 20.3. The molecule has 2 heterocycles. The summed E-state index contributed by atoms with van der Waals surface area (Å²) in [5, 5.41) is 9.59. The van der Waals surface area contributed by atoms with Crippen LogP contribution in [0.2, 0.25) is 0 Å². The van der Waals surface area contributed by atoms with E-state index >= 15 is 0 Å². The van der Waals surface area contributed by atoms with Gasteiger partial charge in [-0.1, -0.05) is 30.3 Å². The van der Waals surface area contributed by atoms with Crippen molar-refractivity contribution in [1.82, 2.24) is 4.68 Å². The van der Waals surface area contributed by atoms with E-state index in [1.54, 1.807) is 29.1 Å². The Bertz CT molecular complexity index is 1650. The lowest BCUT2D eigenvalue weighted by atomic mass is 10.1. The molecule has 5 rings (SSSR count). The number of hydrogen-bond donors (Lipinski definition) is 1. The topological polar surface area (TPSA) is 104 Å². The Morgan fingerprint density at radius 1 is 1.18 bits per heavy atom. The monoisotopic (exact) mass is 554 g/mol. The molecule has 0 aliphatic carbocycles. The first-order valence-corrected chi connectivity index (χ1v) is 13.3. The van der Waals surface area contributed by atoms with Gasteiger partial charge in [0.25, 0.3) is 5.91 Å². The maximum Gasteiger partial charge on any atom is 0.337 e. The number of fused-ring (bicyclic) bond motifs is 1. The Kier molecular flexibility index (Phi) is 8.17. The average molecular weight is 555 g/mol. The van der Waals surface area contributed by atoms with Crippen molar-refractivity contribution in [1.29, 1.82) is 0 Å². The number of carbonyl (C=O) groups excluding carboxylic acids is 2. The number of nitrogens with zero attached hydrogens (tertiary/aromatic N) is 3. The minimum Gasteiger partial charge on any atom is -0.488 e. The van der Waals surface area contributed by atoms with E-state index in [4.69, 9.17) is 19.3 Å². The van der Waals surface area contributed by atoms with Crippen LogP contribution in [-0.4, -0.2) is 43.0 Å². The smallest absolute Gasteiger partial charge is 0.337 e. The number of aromatic nitrogens is 1. The largest absolute Gasteiger partial charge is 0.488 e. The fourth-order valence-electron chi connectivity index (χ4n) is 3.96. The number of rotatable bonds is 9. The number of para-hydroxylation sites is 1. The number of hydrogen-bond acceptors (Lipinski definition) is 8. The van der Waals surface area contributed by atoms with Gasteiger partial charge in [-0.2, -0.15) is 5.10 Å². The maximum absolute atomic E-state index is 11.8. The molecule has 1 aliphatic rings. The normalized spacial score (nSPS) is 12.9.